The van der Waals surface area contributed by atoms with Gasteiger partial charge in [-0.1, -0.05) is 0 Å². The molecule has 0 aromatic rings. The Morgan fingerprint density at radius 3 is 2.05 bits per heavy atom. The van der Waals surface area contributed by atoms with Gasteiger partial charge in [0, 0.05) is 47.2 Å². The van der Waals surface area contributed by atoms with E-state index in [-0.39, 0.29) is 39.6 Å². The zero-order valence-corrected chi connectivity index (χ0v) is 15.2. The summed E-state index contributed by atoms with van der Waals surface area (Å²) in [7, 11) is 0. The van der Waals surface area contributed by atoms with Crippen molar-refractivity contribution in [2.24, 2.45) is 0 Å². The van der Waals surface area contributed by atoms with E-state index in [1.54, 1.807) is 20.8 Å². The number of carboxylic acid groups (broad SMARTS) is 1. The number of carbonyl (C=O) groups excluding carboxylic acids is 1. The molecule has 7 nitrogen and oxygen atoms in total. The van der Waals surface area contributed by atoms with Crippen molar-refractivity contribution in [3.05, 3.63) is 0 Å². The van der Waals surface area contributed by atoms with Crippen LogP contribution in [0.5, 0.6) is 0 Å². The molecule has 1 amide bonds. The van der Waals surface area contributed by atoms with Gasteiger partial charge in [-0.25, -0.2) is 4.79 Å². The molecule has 0 unspecified atom stereocenters. The van der Waals surface area contributed by atoms with Gasteiger partial charge >= 0.3 is 12.1 Å². The molecule has 0 aliphatic heterocycles. The first-order chi connectivity index (χ1) is 8.26. The molecule has 4 N–H and O–H groups in total. The first-order valence-corrected chi connectivity index (χ1v) is 6.07. The summed E-state index contributed by atoms with van der Waals surface area (Å²) in [4.78, 5) is 23.7. The van der Waals surface area contributed by atoms with E-state index in [2.05, 4.69) is 0 Å². The molecule has 0 rings (SSSR count). The van der Waals surface area contributed by atoms with E-state index in [1.165, 1.54) is 4.90 Å². The predicted octanol–water partition coefficient (Wildman–Crippen LogP) is 0.644. The van der Waals surface area contributed by atoms with Crippen molar-refractivity contribution in [3.63, 3.8) is 0 Å². The molecule has 0 aliphatic carbocycles. The van der Waals surface area contributed by atoms with E-state index in [0.717, 1.165) is 0 Å². The van der Waals surface area contributed by atoms with Crippen LogP contribution in [0.25, 0.3) is 0 Å². The number of carbonyl (C=O) groups is 2. The smallest absolute Gasteiger partial charge is 0.410 e. The summed E-state index contributed by atoms with van der Waals surface area (Å²) >= 11 is 0. The van der Waals surface area contributed by atoms with Crippen LogP contribution in [0, 0.1) is 0 Å². The van der Waals surface area contributed by atoms with Crippen LogP contribution in [0.3, 0.4) is 0 Å². The van der Waals surface area contributed by atoms with Crippen molar-refractivity contribution in [1.29, 1.82) is 0 Å². The summed E-state index contributed by atoms with van der Waals surface area (Å²) < 4.78 is 5.21. The molecule has 0 aromatic carbocycles. The third kappa shape index (κ3) is 13.8. The van der Waals surface area contributed by atoms with Gasteiger partial charge in [-0.2, -0.15) is 0 Å². The summed E-state index contributed by atoms with van der Waals surface area (Å²) in [6, 6.07) is 0. The fourth-order valence-electron chi connectivity index (χ4n) is 1.30. The Balaban J connectivity index is -0.00000144. The third-order valence-electron chi connectivity index (χ3n) is 2.06. The second-order valence-corrected chi connectivity index (χ2v) is 5.04. The average molecular weight is 463 g/mol. The van der Waals surface area contributed by atoms with Gasteiger partial charge in [0.2, 0.25) is 0 Å². The molecule has 0 spiro atoms. The Morgan fingerprint density at radius 1 is 1.15 bits per heavy atom. The van der Waals surface area contributed by atoms with Crippen molar-refractivity contribution in [1.82, 2.24) is 4.90 Å². The van der Waals surface area contributed by atoms with E-state index < -0.39 is 17.7 Å². The van der Waals surface area contributed by atoms with Crippen LogP contribution in [0.2, 0.25) is 0 Å². The van der Waals surface area contributed by atoms with Gasteiger partial charge in [0.05, 0.1) is 0 Å². The number of carboxylic acids is 1. The van der Waals surface area contributed by atoms with Crippen LogP contribution in [0.1, 0.15) is 40.0 Å². The van der Waals surface area contributed by atoms with Gasteiger partial charge in [0.15, 0.2) is 0 Å². The molecule has 0 aromatic heterocycles. The Hall–Kier alpha value is -0.652. The van der Waals surface area contributed by atoms with Crippen LogP contribution in [0.15, 0.2) is 0 Å². The Kier molecular flexibility index (Phi) is 14.8. The molecular weight excluding hydrogens is 438 g/mol. The van der Waals surface area contributed by atoms with Crippen LogP contribution < -0.4 is 0 Å². The number of amides is 1. The molecule has 0 fully saturated rings. The summed E-state index contributed by atoms with van der Waals surface area (Å²) in [6.45, 7) is 5.98. The Bertz CT molecular complexity index is 280. The van der Waals surface area contributed by atoms with E-state index in [1.807, 2.05) is 0 Å². The molecule has 0 heterocycles. The van der Waals surface area contributed by atoms with Crippen molar-refractivity contribution in [3.8, 4) is 0 Å². The summed E-state index contributed by atoms with van der Waals surface area (Å²) in [6.07, 6.45) is 0.367. The quantitative estimate of drug-likeness (QED) is 0.575. The maximum Gasteiger partial charge on any atom is 0.410 e. The third-order valence-corrected chi connectivity index (χ3v) is 2.06. The first kappa shape index (κ1) is 24.4. The van der Waals surface area contributed by atoms with Crippen LogP contribution >= 0.6 is 0 Å². The number of ether oxygens (including phenoxy) is 1. The molecule has 20 heavy (non-hydrogen) atoms. The van der Waals surface area contributed by atoms with Crippen molar-refractivity contribution >= 4 is 12.1 Å². The molecule has 0 atom stereocenters. The number of aliphatic carboxylic acids is 1. The van der Waals surface area contributed by atoms with Crippen molar-refractivity contribution in [2.45, 2.75) is 45.6 Å². The number of aliphatic hydroxyl groups is 1. The van der Waals surface area contributed by atoms with Gasteiger partial charge in [-0.05, 0) is 33.6 Å². The number of hydrogen-bond acceptors (Lipinski definition) is 4. The van der Waals surface area contributed by atoms with Crippen LogP contribution in [0.4, 0.5) is 4.79 Å². The second-order valence-electron chi connectivity index (χ2n) is 5.04. The van der Waals surface area contributed by atoms with Gasteiger partial charge in [-0.3, -0.25) is 4.79 Å². The summed E-state index contributed by atoms with van der Waals surface area (Å²) in [5.74, 6) is -0.888. The zero-order chi connectivity index (χ0) is 14.2. The normalized spacial score (nSPS) is 10.0. The minimum Gasteiger partial charge on any atom is -0.481 e. The minimum atomic E-state index is -0.888. The van der Waals surface area contributed by atoms with E-state index in [0.29, 0.717) is 25.9 Å². The summed E-state index contributed by atoms with van der Waals surface area (Å²) in [5.41, 5.74) is -0.582. The monoisotopic (exact) mass is 463 g/mol. The molecule has 0 aliphatic rings. The number of hydrogen-bond donors (Lipinski definition) is 2. The standard InChI is InChI=1S/C12H23NO5.H2O.W/c1-12(2,3)18-11(17)13(8-5-9-14)7-4-6-10(15)16;;/h14H,4-9H2,1-3H3,(H,15,16);1H2;. The molecule has 0 radical (unpaired) electrons. The molecule has 8 heteroatoms. The molecule has 0 saturated carbocycles. The molecule has 0 saturated heterocycles. The topological polar surface area (TPSA) is 119 Å². The zero-order valence-electron chi connectivity index (χ0n) is 12.2. The van der Waals surface area contributed by atoms with Gasteiger partial charge in [0.25, 0.3) is 0 Å². The Labute approximate surface area is 133 Å². The average Bonchev–Trinajstić information content (AvgIpc) is 2.19. The van der Waals surface area contributed by atoms with Crippen molar-refractivity contribution < 1.29 is 51.1 Å². The minimum absolute atomic E-state index is 0. The van der Waals surface area contributed by atoms with E-state index in [4.69, 9.17) is 14.9 Å². The molecule has 0 bridgehead atoms. The molecular formula is C12H25NO6W. The fraction of sp³-hybridized carbons (Fsp3) is 0.833. The molecule has 120 valence electrons. The van der Waals surface area contributed by atoms with Gasteiger partial charge in [-0.15, -0.1) is 0 Å². The van der Waals surface area contributed by atoms with Gasteiger partial charge in [0.1, 0.15) is 5.60 Å². The first-order valence-electron chi connectivity index (χ1n) is 6.07. The Morgan fingerprint density at radius 2 is 1.65 bits per heavy atom. The second kappa shape index (κ2) is 12.1. The van der Waals surface area contributed by atoms with E-state index in [9.17, 15) is 9.59 Å². The predicted molar refractivity (Wildman–Crippen MR) is 70.0 cm³/mol. The fourth-order valence-corrected chi connectivity index (χ4v) is 1.30. The van der Waals surface area contributed by atoms with Crippen LogP contribution in [-0.4, -0.2) is 57.9 Å². The SMILES string of the molecule is CC(C)(C)OC(=O)N(CCCO)CCCC(=O)O.O.[W]. The van der Waals surface area contributed by atoms with Crippen LogP contribution in [-0.2, 0) is 30.6 Å². The van der Waals surface area contributed by atoms with E-state index >= 15 is 0 Å². The number of aliphatic hydroxyl groups excluding tert-OH is 1. The largest absolute Gasteiger partial charge is 0.481 e. The number of nitrogens with zero attached hydrogens (tertiary/aromatic N) is 1. The van der Waals surface area contributed by atoms with Gasteiger partial charge < -0.3 is 25.3 Å². The maximum atomic E-state index is 11.8. The maximum absolute atomic E-state index is 11.8. The number of rotatable bonds is 7. The van der Waals surface area contributed by atoms with Crippen molar-refractivity contribution in [2.75, 3.05) is 19.7 Å². The summed E-state index contributed by atoms with van der Waals surface area (Å²) in [5, 5.41) is 17.3.